The van der Waals surface area contributed by atoms with Crippen LogP contribution in [0.2, 0.25) is 0 Å². The van der Waals surface area contributed by atoms with E-state index in [9.17, 15) is 5.11 Å². The SMILES string of the molecule is CCCCCCCCCCC/C(C)=C1\C=CC(/C=c2/cc/c(=C(\c3cccc(O)c3)c3ccc(C=C4C=CC=N4)[nH]3)[nH]2)=N1. The van der Waals surface area contributed by atoms with Gasteiger partial charge in [-0.3, -0.25) is 4.99 Å². The summed E-state index contributed by atoms with van der Waals surface area (Å²) in [5, 5.41) is 12.2. The third kappa shape index (κ3) is 8.57. The van der Waals surface area contributed by atoms with Gasteiger partial charge in [0.15, 0.2) is 0 Å². The van der Waals surface area contributed by atoms with E-state index >= 15 is 0 Å². The summed E-state index contributed by atoms with van der Waals surface area (Å²) in [5.74, 6) is 0.232. The number of nitrogens with zero attached hydrogens (tertiary/aromatic N) is 2. The maximum atomic E-state index is 10.2. The number of aromatic amines is 2. The molecule has 1 aromatic carbocycles. The zero-order chi connectivity index (χ0) is 29.9. The first-order valence-electron chi connectivity index (χ1n) is 15.9. The smallest absolute Gasteiger partial charge is 0.116 e. The van der Waals surface area contributed by atoms with Crippen LogP contribution in [-0.4, -0.2) is 27.0 Å². The molecule has 4 heterocycles. The van der Waals surface area contributed by atoms with Crippen molar-refractivity contribution in [2.75, 3.05) is 0 Å². The Morgan fingerprint density at radius 3 is 2.42 bits per heavy atom. The topological polar surface area (TPSA) is 76.5 Å². The predicted molar refractivity (Wildman–Crippen MR) is 182 cm³/mol. The highest BCUT2D eigenvalue weighted by Gasteiger charge is 2.11. The van der Waals surface area contributed by atoms with E-state index in [0.717, 1.165) is 56.7 Å². The third-order valence-corrected chi connectivity index (χ3v) is 8.03. The summed E-state index contributed by atoms with van der Waals surface area (Å²) in [6, 6.07) is 15.6. The van der Waals surface area contributed by atoms with Gasteiger partial charge in [0.05, 0.1) is 17.1 Å². The molecule has 5 nitrogen and oxygen atoms in total. The van der Waals surface area contributed by atoms with E-state index in [1.165, 1.54) is 63.4 Å². The van der Waals surface area contributed by atoms with Crippen LogP contribution in [0.1, 0.15) is 95.0 Å². The maximum absolute atomic E-state index is 10.2. The number of hydrogen-bond donors (Lipinski definition) is 3. The number of phenols is 1. The number of H-pyrrole nitrogens is 2. The van der Waals surface area contributed by atoms with Gasteiger partial charge in [-0.1, -0.05) is 70.4 Å². The fourth-order valence-corrected chi connectivity index (χ4v) is 5.64. The van der Waals surface area contributed by atoms with Gasteiger partial charge in [0.2, 0.25) is 0 Å². The molecule has 3 aromatic rings. The molecule has 222 valence electrons. The molecule has 5 heteroatoms. The first-order chi connectivity index (χ1) is 21.1. The number of rotatable bonds is 14. The van der Waals surface area contributed by atoms with E-state index in [4.69, 9.17) is 4.99 Å². The lowest BCUT2D eigenvalue weighted by molar-refractivity contribution is 0.475. The number of aromatic hydroxyl groups is 1. The van der Waals surface area contributed by atoms with E-state index in [2.05, 4.69) is 65.2 Å². The number of unbranched alkanes of at least 4 members (excludes halogenated alkanes) is 8. The maximum Gasteiger partial charge on any atom is 0.116 e. The Balaban J connectivity index is 1.31. The summed E-state index contributed by atoms with van der Waals surface area (Å²) in [5.41, 5.74) is 8.14. The minimum absolute atomic E-state index is 0.232. The van der Waals surface area contributed by atoms with Gasteiger partial charge in [-0.05, 0) is 104 Å². The molecule has 0 atom stereocenters. The summed E-state index contributed by atoms with van der Waals surface area (Å²) >= 11 is 0. The molecule has 2 aromatic heterocycles. The molecule has 0 saturated heterocycles. The molecule has 0 aliphatic carbocycles. The molecule has 2 aliphatic rings. The summed E-state index contributed by atoms with van der Waals surface area (Å²) in [6.07, 6.45) is 27.3. The van der Waals surface area contributed by atoms with Crippen LogP contribution in [0.25, 0.3) is 17.7 Å². The zero-order valence-corrected chi connectivity index (χ0v) is 25.6. The first-order valence-corrected chi connectivity index (χ1v) is 15.9. The molecule has 0 radical (unpaired) electrons. The zero-order valence-electron chi connectivity index (χ0n) is 25.6. The van der Waals surface area contributed by atoms with Crippen LogP contribution < -0.4 is 10.7 Å². The molecular weight excluding hydrogens is 528 g/mol. The van der Waals surface area contributed by atoms with Crippen molar-refractivity contribution in [3.05, 3.63) is 117 Å². The quantitative estimate of drug-likeness (QED) is 0.167. The number of allylic oxidation sites excluding steroid dienone is 5. The molecule has 0 saturated carbocycles. The fraction of sp³-hybridized carbons (Fsp3) is 0.316. The van der Waals surface area contributed by atoms with Gasteiger partial charge in [-0.2, -0.15) is 0 Å². The van der Waals surface area contributed by atoms with Crippen LogP contribution >= 0.6 is 0 Å². The second-order valence-corrected chi connectivity index (χ2v) is 11.5. The van der Waals surface area contributed by atoms with E-state index in [1.807, 2.05) is 36.4 Å². The van der Waals surface area contributed by atoms with Gasteiger partial charge >= 0.3 is 0 Å². The average molecular weight is 573 g/mol. The van der Waals surface area contributed by atoms with Crippen molar-refractivity contribution in [3.63, 3.8) is 0 Å². The lowest BCUT2D eigenvalue weighted by Crippen LogP contribution is -2.15. The number of hydrogen-bond acceptors (Lipinski definition) is 3. The van der Waals surface area contributed by atoms with E-state index in [-0.39, 0.29) is 5.75 Å². The second-order valence-electron chi connectivity index (χ2n) is 11.5. The predicted octanol–water partition coefficient (Wildman–Crippen LogP) is 8.26. The minimum Gasteiger partial charge on any atom is -0.508 e. The van der Waals surface area contributed by atoms with Crippen LogP contribution in [0.5, 0.6) is 5.75 Å². The summed E-state index contributed by atoms with van der Waals surface area (Å²) in [7, 11) is 0. The van der Waals surface area contributed by atoms with E-state index in [1.54, 1.807) is 18.3 Å². The van der Waals surface area contributed by atoms with Gasteiger partial charge < -0.3 is 15.1 Å². The highest BCUT2D eigenvalue weighted by Crippen LogP contribution is 2.24. The molecule has 2 aliphatic heterocycles. The summed E-state index contributed by atoms with van der Waals surface area (Å²) < 4.78 is 0. The molecule has 0 bridgehead atoms. The van der Waals surface area contributed by atoms with E-state index < -0.39 is 0 Å². The Morgan fingerprint density at radius 2 is 1.65 bits per heavy atom. The lowest BCUT2D eigenvalue weighted by atomic mass is 10.0. The van der Waals surface area contributed by atoms with Crippen LogP contribution in [0.15, 0.2) is 99.8 Å². The fourth-order valence-electron chi connectivity index (χ4n) is 5.64. The van der Waals surface area contributed by atoms with Gasteiger partial charge in [-0.15, -0.1) is 0 Å². The number of phenolic OH excluding ortho intramolecular Hbond substituents is 1. The largest absolute Gasteiger partial charge is 0.508 e. The van der Waals surface area contributed by atoms with Gasteiger partial charge in [-0.25, -0.2) is 4.99 Å². The first kappa shape index (κ1) is 30.1. The van der Waals surface area contributed by atoms with Crippen LogP contribution in [0.3, 0.4) is 0 Å². The highest BCUT2D eigenvalue weighted by atomic mass is 16.3. The summed E-state index contributed by atoms with van der Waals surface area (Å²) in [6.45, 7) is 4.49. The molecule has 0 amide bonds. The van der Waals surface area contributed by atoms with Gasteiger partial charge in [0, 0.05) is 33.9 Å². The van der Waals surface area contributed by atoms with Crippen molar-refractivity contribution < 1.29 is 5.11 Å². The van der Waals surface area contributed by atoms with Gasteiger partial charge in [0.1, 0.15) is 5.75 Å². The van der Waals surface area contributed by atoms with Crippen LogP contribution in [0.4, 0.5) is 0 Å². The molecule has 43 heavy (non-hydrogen) atoms. The highest BCUT2D eigenvalue weighted by molar-refractivity contribution is 6.19. The molecular formula is C38H44N4O. The van der Waals surface area contributed by atoms with Crippen molar-refractivity contribution in [1.29, 1.82) is 0 Å². The van der Waals surface area contributed by atoms with Crippen LogP contribution in [-0.2, 0) is 0 Å². The number of nitrogens with one attached hydrogen (secondary N) is 2. The lowest BCUT2D eigenvalue weighted by Gasteiger charge is -2.06. The number of benzene rings is 1. The monoisotopic (exact) mass is 572 g/mol. The van der Waals surface area contributed by atoms with Crippen molar-refractivity contribution in [3.8, 4) is 5.75 Å². The molecule has 5 rings (SSSR count). The van der Waals surface area contributed by atoms with E-state index in [0.29, 0.717) is 0 Å². The Labute approximate surface area is 255 Å². The average Bonchev–Trinajstić information content (AvgIpc) is 3.83. The second kappa shape index (κ2) is 15.2. The third-order valence-electron chi connectivity index (χ3n) is 8.03. The minimum atomic E-state index is 0.232. The normalized spacial score (nSPS) is 17.4. The van der Waals surface area contributed by atoms with Crippen LogP contribution in [0, 0.1) is 0 Å². The van der Waals surface area contributed by atoms with Gasteiger partial charge in [0.25, 0.3) is 0 Å². The number of aromatic nitrogens is 2. The van der Waals surface area contributed by atoms with Crippen molar-refractivity contribution in [2.45, 2.75) is 78.1 Å². The molecule has 0 fully saturated rings. The Hall–Kier alpha value is -4.38. The Morgan fingerprint density at radius 1 is 0.837 bits per heavy atom. The van der Waals surface area contributed by atoms with Crippen molar-refractivity contribution in [2.24, 2.45) is 9.98 Å². The van der Waals surface area contributed by atoms with Crippen molar-refractivity contribution >= 4 is 29.7 Å². The molecule has 0 spiro atoms. The number of aliphatic imine (C=N–C) groups is 2. The van der Waals surface area contributed by atoms with Crippen molar-refractivity contribution in [1.82, 2.24) is 9.97 Å². The molecule has 0 unspecified atom stereocenters. The standard InChI is InChI=1S/C38H44N4O/c1-3-4-5-6-7-8-9-10-11-14-28(2)35-21-18-32(40-35)27-33-20-23-37(42-33)38(29-15-12-17-34(43)25-29)36-22-19-31(41-36)26-30-16-13-24-39-30/h12-13,15-27,41-43H,3-11,14H2,1-2H3/b30-26?,33-27-,35-28+,38-37-. The Bertz CT molecular complexity index is 1690. The Kier molecular flexibility index (Phi) is 10.6. The summed E-state index contributed by atoms with van der Waals surface area (Å²) in [4.78, 5) is 16.4. The molecule has 3 N–H and O–H groups in total.